The highest BCUT2D eigenvalue weighted by Crippen LogP contribution is 2.22. The lowest BCUT2D eigenvalue weighted by Crippen LogP contribution is -2.37. The predicted molar refractivity (Wildman–Crippen MR) is 91.5 cm³/mol. The molecule has 6 nitrogen and oxygen atoms in total. The zero-order chi connectivity index (χ0) is 18.8. The van der Waals surface area contributed by atoms with Crippen LogP contribution in [0.2, 0.25) is 0 Å². The van der Waals surface area contributed by atoms with Crippen LogP contribution >= 0.6 is 0 Å². The lowest BCUT2D eigenvalue weighted by Gasteiger charge is -2.30. The molecule has 0 aliphatic carbocycles. The van der Waals surface area contributed by atoms with Crippen LogP contribution in [0.1, 0.15) is 40.0 Å². The van der Waals surface area contributed by atoms with Gasteiger partial charge in [0.2, 0.25) is 0 Å². The molecule has 0 rings (SSSR count). The molecule has 0 aromatic rings. The molecule has 2 N–H and O–H groups in total. The van der Waals surface area contributed by atoms with Crippen molar-refractivity contribution in [3.8, 4) is 0 Å². The zero-order valence-electron chi connectivity index (χ0n) is 15.0. The molecule has 0 fully saturated rings. The number of hydrogen-bond acceptors (Lipinski definition) is 6. The summed E-state index contributed by atoms with van der Waals surface area (Å²) in [7, 11) is 0. The number of esters is 1. The van der Waals surface area contributed by atoms with E-state index in [1.807, 2.05) is 6.92 Å². The third kappa shape index (κ3) is 7.86. The average molecular weight is 342 g/mol. The van der Waals surface area contributed by atoms with Crippen LogP contribution < -0.4 is 0 Å². The van der Waals surface area contributed by atoms with Gasteiger partial charge in [0.15, 0.2) is 5.78 Å². The minimum absolute atomic E-state index is 0.0220. The molecule has 138 valence electrons. The fourth-order valence-corrected chi connectivity index (χ4v) is 1.77. The van der Waals surface area contributed by atoms with E-state index in [1.54, 1.807) is 13.8 Å². The number of ether oxygens (including phenoxy) is 2. The number of ketones is 1. The first-order valence-corrected chi connectivity index (χ1v) is 8.06. The molecule has 0 aliphatic rings. The number of carbonyl (C=O) groups excluding carboxylic acids is 2. The Morgan fingerprint density at radius 2 is 1.71 bits per heavy atom. The van der Waals surface area contributed by atoms with Crippen molar-refractivity contribution in [2.75, 3.05) is 26.4 Å². The second kappa shape index (κ2) is 11.1. The number of carbonyl (C=O) groups is 2. The zero-order valence-corrected chi connectivity index (χ0v) is 15.0. The monoisotopic (exact) mass is 342 g/mol. The van der Waals surface area contributed by atoms with Gasteiger partial charge in [-0.15, -0.1) is 0 Å². The van der Waals surface area contributed by atoms with Crippen molar-refractivity contribution in [3.63, 3.8) is 0 Å². The smallest absolute Gasteiger partial charge is 0.333 e. The van der Waals surface area contributed by atoms with Crippen LogP contribution in [0.4, 0.5) is 0 Å². The van der Waals surface area contributed by atoms with E-state index in [1.165, 1.54) is 0 Å². The maximum atomic E-state index is 11.7. The van der Waals surface area contributed by atoms with E-state index in [-0.39, 0.29) is 44.2 Å². The van der Waals surface area contributed by atoms with E-state index in [0.717, 1.165) is 0 Å². The molecule has 0 radical (unpaired) electrons. The van der Waals surface area contributed by atoms with E-state index in [9.17, 15) is 19.8 Å². The molecule has 0 spiro atoms. The van der Waals surface area contributed by atoms with Crippen LogP contribution in [0, 0.1) is 5.41 Å². The highest BCUT2D eigenvalue weighted by molar-refractivity contribution is 5.94. The Bertz CT molecular complexity index is 412. The summed E-state index contributed by atoms with van der Waals surface area (Å²) in [5.41, 5.74) is -0.0173. The van der Waals surface area contributed by atoms with Crippen LogP contribution in [0.25, 0.3) is 0 Å². The molecule has 0 amide bonds. The highest BCUT2D eigenvalue weighted by atomic mass is 16.6. The fraction of sp³-hybridized carbons (Fsp3) is 0.667. The molecule has 1 unspecified atom stereocenters. The Morgan fingerprint density at radius 1 is 1.12 bits per heavy atom. The fourth-order valence-electron chi connectivity index (χ4n) is 1.77. The van der Waals surface area contributed by atoms with Crippen molar-refractivity contribution in [2.24, 2.45) is 5.41 Å². The maximum Gasteiger partial charge on any atom is 0.333 e. The van der Waals surface area contributed by atoms with Gasteiger partial charge in [-0.05, 0) is 32.3 Å². The van der Waals surface area contributed by atoms with E-state index in [0.29, 0.717) is 18.4 Å². The number of rotatable bonds is 13. The summed E-state index contributed by atoms with van der Waals surface area (Å²) in [5.74, 6) is -0.609. The van der Waals surface area contributed by atoms with Gasteiger partial charge in [0, 0.05) is 17.4 Å². The SMILES string of the molecule is C=C(C)C(=O)CCC(COC(=O)C(=C)C)OCC(CC)(CO)CO. The first-order chi connectivity index (χ1) is 11.2. The molecule has 1 atom stereocenters. The predicted octanol–water partition coefficient (Wildman–Crippen LogP) is 1.80. The Morgan fingerprint density at radius 3 is 2.12 bits per heavy atom. The van der Waals surface area contributed by atoms with Crippen molar-refractivity contribution in [2.45, 2.75) is 46.1 Å². The first kappa shape index (κ1) is 22.5. The third-order valence-electron chi connectivity index (χ3n) is 3.96. The molecular weight excluding hydrogens is 312 g/mol. The molecule has 24 heavy (non-hydrogen) atoms. The average Bonchev–Trinajstić information content (AvgIpc) is 2.57. The van der Waals surface area contributed by atoms with Crippen LogP contribution in [0.3, 0.4) is 0 Å². The summed E-state index contributed by atoms with van der Waals surface area (Å²) in [5, 5.41) is 18.9. The number of Topliss-reactive ketones (excluding diaryl/α,β-unsaturated/α-hetero) is 1. The van der Waals surface area contributed by atoms with E-state index in [2.05, 4.69) is 13.2 Å². The second-order valence-electron chi connectivity index (χ2n) is 6.22. The topological polar surface area (TPSA) is 93.1 Å². The number of aliphatic hydroxyl groups is 2. The maximum absolute atomic E-state index is 11.7. The minimum Gasteiger partial charge on any atom is -0.460 e. The molecule has 0 heterocycles. The molecule has 6 heteroatoms. The van der Waals surface area contributed by atoms with Crippen molar-refractivity contribution in [1.82, 2.24) is 0 Å². The van der Waals surface area contributed by atoms with Gasteiger partial charge in [-0.25, -0.2) is 4.79 Å². The van der Waals surface area contributed by atoms with Gasteiger partial charge in [0.05, 0.1) is 25.9 Å². The van der Waals surface area contributed by atoms with E-state index < -0.39 is 17.5 Å². The Kier molecular flexibility index (Phi) is 10.4. The molecule has 0 aromatic heterocycles. The number of aliphatic hydroxyl groups excluding tert-OH is 2. The summed E-state index contributed by atoms with van der Waals surface area (Å²) in [6.07, 6.45) is 0.595. The molecule has 0 saturated heterocycles. The van der Waals surface area contributed by atoms with Gasteiger partial charge < -0.3 is 19.7 Å². The lowest BCUT2D eigenvalue weighted by atomic mass is 9.88. The van der Waals surface area contributed by atoms with Crippen LogP contribution in [0.5, 0.6) is 0 Å². The quantitative estimate of drug-likeness (QED) is 0.392. The van der Waals surface area contributed by atoms with Crippen molar-refractivity contribution in [3.05, 3.63) is 24.3 Å². The molecule has 0 aliphatic heterocycles. The largest absolute Gasteiger partial charge is 0.460 e. The summed E-state index contributed by atoms with van der Waals surface area (Å²) >= 11 is 0. The third-order valence-corrected chi connectivity index (χ3v) is 3.96. The highest BCUT2D eigenvalue weighted by Gasteiger charge is 2.29. The van der Waals surface area contributed by atoms with Crippen molar-refractivity contribution < 1.29 is 29.3 Å². The second-order valence-corrected chi connectivity index (χ2v) is 6.22. The van der Waals surface area contributed by atoms with Crippen LogP contribution in [0.15, 0.2) is 24.3 Å². The Hall–Kier alpha value is -1.50. The molecule has 0 aromatic carbocycles. The molecular formula is C18H30O6. The minimum atomic E-state index is -0.755. The summed E-state index contributed by atoms with van der Waals surface area (Å²) < 4.78 is 10.8. The van der Waals surface area contributed by atoms with Gasteiger partial charge in [-0.3, -0.25) is 4.79 Å². The van der Waals surface area contributed by atoms with Gasteiger partial charge in [0.25, 0.3) is 0 Å². The van der Waals surface area contributed by atoms with E-state index >= 15 is 0 Å². The van der Waals surface area contributed by atoms with Gasteiger partial charge in [-0.2, -0.15) is 0 Å². The lowest BCUT2D eigenvalue weighted by molar-refractivity contribution is -0.145. The summed E-state index contributed by atoms with van der Waals surface area (Å²) in [6, 6.07) is 0. The van der Waals surface area contributed by atoms with Crippen LogP contribution in [-0.2, 0) is 19.1 Å². The molecule has 0 saturated carbocycles. The Labute approximate surface area is 144 Å². The number of allylic oxidation sites excluding steroid dienone is 1. The Balaban J connectivity index is 4.77. The molecule has 0 bridgehead atoms. The van der Waals surface area contributed by atoms with E-state index in [4.69, 9.17) is 9.47 Å². The first-order valence-electron chi connectivity index (χ1n) is 8.06. The summed E-state index contributed by atoms with van der Waals surface area (Å²) in [6.45, 7) is 11.8. The number of hydrogen-bond donors (Lipinski definition) is 2. The normalized spacial score (nSPS) is 12.5. The van der Waals surface area contributed by atoms with Crippen molar-refractivity contribution >= 4 is 11.8 Å². The van der Waals surface area contributed by atoms with Gasteiger partial charge in [-0.1, -0.05) is 20.1 Å². The van der Waals surface area contributed by atoms with Gasteiger partial charge >= 0.3 is 5.97 Å². The van der Waals surface area contributed by atoms with Gasteiger partial charge in [0.1, 0.15) is 6.61 Å². The van der Waals surface area contributed by atoms with Crippen molar-refractivity contribution in [1.29, 1.82) is 0 Å². The standard InChI is InChI=1S/C18H30O6/c1-6-18(10-19,11-20)12-24-15(7-8-16(21)13(2)3)9-23-17(22)14(4)5/h15,19-20H,2,4,6-12H2,1,3,5H3. The summed E-state index contributed by atoms with van der Waals surface area (Å²) in [4.78, 5) is 23.2. The van der Waals surface area contributed by atoms with Crippen LogP contribution in [-0.4, -0.2) is 54.5 Å².